The smallest absolute Gasteiger partial charge is 0.0514 e. The number of methoxy groups -OCH3 is 1. The Morgan fingerprint density at radius 2 is 2.06 bits per heavy atom. The lowest BCUT2D eigenvalue weighted by molar-refractivity contribution is 0.164. The van der Waals surface area contributed by atoms with Gasteiger partial charge in [-0.05, 0) is 52.9 Å². The van der Waals surface area contributed by atoms with Gasteiger partial charge in [-0.2, -0.15) is 0 Å². The average Bonchev–Trinajstić information content (AvgIpc) is 2.16. The molecule has 0 fully saturated rings. The van der Waals surface area contributed by atoms with Gasteiger partial charge < -0.3 is 10.1 Å². The summed E-state index contributed by atoms with van der Waals surface area (Å²) in [6, 6.07) is 4.32. The predicted octanol–water partition coefficient (Wildman–Crippen LogP) is 3.76. The third kappa shape index (κ3) is 3.80. The normalized spacial score (nSPS) is 12.6. The van der Waals surface area contributed by atoms with E-state index in [1.54, 1.807) is 7.11 Å². The van der Waals surface area contributed by atoms with Crippen LogP contribution < -0.4 is 5.32 Å². The second-order valence-electron chi connectivity index (χ2n) is 4.38. The maximum absolute atomic E-state index is 5.12. The van der Waals surface area contributed by atoms with Crippen molar-refractivity contribution in [3.63, 3.8) is 0 Å². The molecule has 1 N–H and O–H groups in total. The van der Waals surface area contributed by atoms with Crippen LogP contribution in [0.15, 0.2) is 16.6 Å². The maximum atomic E-state index is 5.12. The Morgan fingerprint density at radius 1 is 1.38 bits per heavy atom. The number of hydrogen-bond donors (Lipinski definition) is 1. The van der Waals surface area contributed by atoms with Gasteiger partial charge in [0, 0.05) is 18.1 Å². The molecule has 1 rings (SSSR count). The van der Waals surface area contributed by atoms with Crippen molar-refractivity contribution in [2.45, 2.75) is 20.8 Å². The van der Waals surface area contributed by atoms with Crippen molar-refractivity contribution < 1.29 is 4.74 Å². The topological polar surface area (TPSA) is 21.3 Å². The lowest BCUT2D eigenvalue weighted by Crippen LogP contribution is -2.16. The van der Waals surface area contributed by atoms with E-state index in [4.69, 9.17) is 4.74 Å². The van der Waals surface area contributed by atoms with Crippen LogP contribution in [0.3, 0.4) is 0 Å². The first-order chi connectivity index (χ1) is 7.54. The van der Waals surface area contributed by atoms with Gasteiger partial charge in [-0.1, -0.05) is 13.0 Å². The number of nitrogens with one attached hydrogen (secondary N) is 1. The molecule has 0 aromatic heterocycles. The van der Waals surface area contributed by atoms with E-state index in [0.717, 1.165) is 17.6 Å². The fourth-order valence-electron chi connectivity index (χ4n) is 1.76. The van der Waals surface area contributed by atoms with E-state index < -0.39 is 0 Å². The number of rotatable bonds is 5. The third-order valence-electron chi connectivity index (χ3n) is 2.51. The van der Waals surface area contributed by atoms with Gasteiger partial charge in [0.15, 0.2) is 0 Å². The molecule has 1 unspecified atom stereocenters. The van der Waals surface area contributed by atoms with E-state index in [2.05, 4.69) is 54.2 Å². The molecule has 0 radical (unpaired) electrons. The van der Waals surface area contributed by atoms with E-state index in [0.29, 0.717) is 5.92 Å². The van der Waals surface area contributed by atoms with Crippen LogP contribution in [-0.2, 0) is 4.74 Å². The molecule has 0 aliphatic carbocycles. The molecule has 16 heavy (non-hydrogen) atoms. The van der Waals surface area contributed by atoms with Gasteiger partial charge in [-0.15, -0.1) is 0 Å². The fourth-order valence-corrected chi connectivity index (χ4v) is 2.57. The van der Waals surface area contributed by atoms with Gasteiger partial charge in [0.1, 0.15) is 0 Å². The zero-order valence-corrected chi connectivity index (χ0v) is 12.0. The second-order valence-corrected chi connectivity index (χ2v) is 5.23. The van der Waals surface area contributed by atoms with E-state index in [1.807, 2.05) is 0 Å². The average molecular weight is 286 g/mol. The minimum Gasteiger partial charge on any atom is -0.384 e. The first-order valence-electron chi connectivity index (χ1n) is 5.54. The molecule has 2 nitrogen and oxygen atoms in total. The van der Waals surface area contributed by atoms with Gasteiger partial charge in [0.2, 0.25) is 0 Å². The van der Waals surface area contributed by atoms with E-state index in [9.17, 15) is 0 Å². The molecule has 90 valence electrons. The van der Waals surface area contributed by atoms with Crippen molar-refractivity contribution in [2.75, 3.05) is 25.6 Å². The van der Waals surface area contributed by atoms with Crippen molar-refractivity contribution in [2.24, 2.45) is 5.92 Å². The van der Waals surface area contributed by atoms with Gasteiger partial charge in [-0.25, -0.2) is 0 Å². The first kappa shape index (κ1) is 13.5. The lowest BCUT2D eigenvalue weighted by Gasteiger charge is -2.16. The highest BCUT2D eigenvalue weighted by atomic mass is 79.9. The van der Waals surface area contributed by atoms with E-state index in [1.165, 1.54) is 16.8 Å². The van der Waals surface area contributed by atoms with Crippen molar-refractivity contribution in [1.82, 2.24) is 0 Å². The Bertz CT molecular complexity index is 329. The molecule has 0 saturated heterocycles. The summed E-state index contributed by atoms with van der Waals surface area (Å²) < 4.78 is 6.25. The number of hydrogen-bond acceptors (Lipinski definition) is 2. The maximum Gasteiger partial charge on any atom is 0.0514 e. The molecular weight excluding hydrogens is 266 g/mol. The number of benzene rings is 1. The molecular formula is C13H20BrNO. The standard InChI is InChI=1S/C13H20BrNO/c1-9-5-11(3)13(12(14)6-9)15-7-10(2)8-16-4/h5-6,10,15H,7-8H2,1-4H3. The number of aryl methyl sites for hydroxylation is 2. The van der Waals surface area contributed by atoms with Crippen molar-refractivity contribution >= 4 is 21.6 Å². The summed E-state index contributed by atoms with van der Waals surface area (Å²) in [6.45, 7) is 8.12. The second kappa shape index (κ2) is 6.26. The van der Waals surface area contributed by atoms with Crippen molar-refractivity contribution in [1.29, 1.82) is 0 Å². The molecule has 0 saturated carbocycles. The zero-order chi connectivity index (χ0) is 12.1. The number of ether oxygens (including phenoxy) is 1. The highest BCUT2D eigenvalue weighted by Crippen LogP contribution is 2.27. The molecule has 0 amide bonds. The minimum absolute atomic E-state index is 0.512. The Labute approximate surface area is 107 Å². The fraction of sp³-hybridized carbons (Fsp3) is 0.538. The van der Waals surface area contributed by atoms with Crippen LogP contribution >= 0.6 is 15.9 Å². The highest BCUT2D eigenvalue weighted by molar-refractivity contribution is 9.10. The Morgan fingerprint density at radius 3 is 2.62 bits per heavy atom. The molecule has 0 aliphatic rings. The van der Waals surface area contributed by atoms with E-state index in [-0.39, 0.29) is 0 Å². The first-order valence-corrected chi connectivity index (χ1v) is 6.33. The molecule has 1 aromatic carbocycles. The van der Waals surface area contributed by atoms with Crippen molar-refractivity contribution in [3.8, 4) is 0 Å². The van der Waals surface area contributed by atoms with Gasteiger partial charge in [0.25, 0.3) is 0 Å². The van der Waals surface area contributed by atoms with E-state index >= 15 is 0 Å². The quantitative estimate of drug-likeness (QED) is 0.890. The molecule has 3 heteroatoms. The van der Waals surface area contributed by atoms with Crippen LogP contribution in [0, 0.1) is 19.8 Å². The van der Waals surface area contributed by atoms with Gasteiger partial charge in [-0.3, -0.25) is 0 Å². The van der Waals surface area contributed by atoms with Crippen LogP contribution in [0.1, 0.15) is 18.1 Å². The zero-order valence-electron chi connectivity index (χ0n) is 10.4. The van der Waals surface area contributed by atoms with Crippen LogP contribution in [0.2, 0.25) is 0 Å². The van der Waals surface area contributed by atoms with Crippen LogP contribution in [0.5, 0.6) is 0 Å². The molecule has 0 spiro atoms. The summed E-state index contributed by atoms with van der Waals surface area (Å²) in [4.78, 5) is 0. The number of halogens is 1. The third-order valence-corrected chi connectivity index (χ3v) is 3.14. The summed E-state index contributed by atoms with van der Waals surface area (Å²) in [5.41, 5.74) is 3.74. The Balaban J connectivity index is 2.67. The van der Waals surface area contributed by atoms with Crippen molar-refractivity contribution in [3.05, 3.63) is 27.7 Å². The summed E-state index contributed by atoms with van der Waals surface area (Å²) >= 11 is 3.59. The largest absolute Gasteiger partial charge is 0.384 e. The van der Waals surface area contributed by atoms with Gasteiger partial charge in [0.05, 0.1) is 12.3 Å². The summed E-state index contributed by atoms with van der Waals surface area (Å²) in [6.07, 6.45) is 0. The van der Waals surface area contributed by atoms with Crippen LogP contribution in [0.4, 0.5) is 5.69 Å². The Hall–Kier alpha value is -0.540. The summed E-state index contributed by atoms with van der Waals surface area (Å²) in [5, 5.41) is 3.47. The van der Waals surface area contributed by atoms with Crippen LogP contribution in [0.25, 0.3) is 0 Å². The molecule has 0 aliphatic heterocycles. The predicted molar refractivity (Wildman–Crippen MR) is 73.1 cm³/mol. The molecule has 0 bridgehead atoms. The lowest BCUT2D eigenvalue weighted by atomic mass is 10.1. The minimum atomic E-state index is 0.512. The highest BCUT2D eigenvalue weighted by Gasteiger charge is 2.06. The SMILES string of the molecule is COCC(C)CNc1c(C)cc(C)cc1Br. The summed E-state index contributed by atoms with van der Waals surface area (Å²) in [5.74, 6) is 0.512. The van der Waals surface area contributed by atoms with Gasteiger partial charge >= 0.3 is 0 Å². The number of anilines is 1. The van der Waals surface area contributed by atoms with Crippen LogP contribution in [-0.4, -0.2) is 20.3 Å². The monoisotopic (exact) mass is 285 g/mol. The molecule has 1 atom stereocenters. The molecule has 0 heterocycles. The molecule has 1 aromatic rings. The summed E-state index contributed by atoms with van der Waals surface area (Å²) in [7, 11) is 1.74. The Kier molecular flexibility index (Phi) is 5.29.